The lowest BCUT2D eigenvalue weighted by atomic mass is 9.93. The van der Waals surface area contributed by atoms with Crippen LogP contribution in [0.2, 0.25) is 5.02 Å². The van der Waals surface area contributed by atoms with Crippen molar-refractivity contribution >= 4 is 23.5 Å². The van der Waals surface area contributed by atoms with Gasteiger partial charge >= 0.3 is 5.97 Å². The van der Waals surface area contributed by atoms with E-state index in [1.54, 1.807) is 6.07 Å². The van der Waals surface area contributed by atoms with Gasteiger partial charge in [-0.1, -0.05) is 42.6 Å². The van der Waals surface area contributed by atoms with Crippen LogP contribution in [0.25, 0.3) is 0 Å². The van der Waals surface area contributed by atoms with Crippen LogP contribution in [0.3, 0.4) is 0 Å². The van der Waals surface area contributed by atoms with Crippen LogP contribution in [0.5, 0.6) is 0 Å². The Balaban J connectivity index is 1.91. The maximum Gasteiger partial charge on any atom is 0.305 e. The highest BCUT2D eigenvalue weighted by molar-refractivity contribution is 6.31. The van der Waals surface area contributed by atoms with E-state index >= 15 is 0 Å². The van der Waals surface area contributed by atoms with Gasteiger partial charge in [-0.05, 0) is 30.9 Å². The molecule has 1 aliphatic rings. The van der Waals surface area contributed by atoms with E-state index < -0.39 is 11.5 Å². The maximum absolute atomic E-state index is 12.1. The highest BCUT2D eigenvalue weighted by Gasteiger charge is 2.37. The summed E-state index contributed by atoms with van der Waals surface area (Å²) in [5.74, 6) is -0.957. The third-order valence-electron chi connectivity index (χ3n) is 4.03. The summed E-state index contributed by atoms with van der Waals surface area (Å²) >= 11 is 6.06. The minimum atomic E-state index is -0.858. The van der Waals surface area contributed by atoms with Crippen molar-refractivity contribution in [2.24, 2.45) is 0 Å². The molecule has 2 N–H and O–H groups in total. The number of carboxylic acid groups (broad SMARTS) is 1. The van der Waals surface area contributed by atoms with Crippen LogP contribution in [0.15, 0.2) is 24.3 Å². The Kier molecular flexibility index (Phi) is 5.23. The molecule has 21 heavy (non-hydrogen) atoms. The lowest BCUT2D eigenvalue weighted by Gasteiger charge is -2.28. The van der Waals surface area contributed by atoms with Gasteiger partial charge in [-0.3, -0.25) is 9.59 Å². The molecule has 4 nitrogen and oxygen atoms in total. The molecule has 0 radical (unpaired) electrons. The van der Waals surface area contributed by atoms with Crippen molar-refractivity contribution in [3.8, 4) is 0 Å². The summed E-state index contributed by atoms with van der Waals surface area (Å²) in [5.41, 5.74) is 0.386. The predicted molar refractivity (Wildman–Crippen MR) is 81.4 cm³/mol. The summed E-state index contributed by atoms with van der Waals surface area (Å²) in [6, 6.07) is 7.45. The Bertz CT molecular complexity index is 524. The number of rotatable bonds is 6. The number of aliphatic carboxylic acids is 1. The fraction of sp³-hybridized carbons (Fsp3) is 0.500. The topological polar surface area (TPSA) is 66.4 Å². The van der Waals surface area contributed by atoms with Crippen LogP contribution < -0.4 is 5.32 Å². The van der Waals surface area contributed by atoms with Gasteiger partial charge in [0.2, 0.25) is 5.91 Å². The molecule has 2 rings (SSSR count). The standard InChI is InChI=1S/C16H20ClNO3/c17-13-6-2-1-5-12(13)7-8-14(19)18-16(11-15(20)21)9-3-4-10-16/h1-2,5-6H,3-4,7-11H2,(H,18,19)(H,20,21). The van der Waals surface area contributed by atoms with Gasteiger partial charge in [0.15, 0.2) is 0 Å². The molecule has 114 valence electrons. The zero-order valence-electron chi connectivity index (χ0n) is 11.9. The average molecular weight is 310 g/mol. The molecular weight excluding hydrogens is 290 g/mol. The van der Waals surface area contributed by atoms with Gasteiger partial charge in [-0.2, -0.15) is 0 Å². The molecule has 1 saturated carbocycles. The quantitative estimate of drug-likeness (QED) is 0.848. The number of carbonyl (C=O) groups is 2. The zero-order valence-corrected chi connectivity index (χ0v) is 12.7. The van der Waals surface area contributed by atoms with E-state index in [9.17, 15) is 9.59 Å². The predicted octanol–water partition coefficient (Wildman–Crippen LogP) is 3.18. The molecule has 0 bridgehead atoms. The van der Waals surface area contributed by atoms with E-state index in [0.29, 0.717) is 17.9 Å². The molecule has 1 aromatic carbocycles. The first-order valence-electron chi connectivity index (χ1n) is 7.27. The second kappa shape index (κ2) is 6.94. The van der Waals surface area contributed by atoms with Crippen LogP contribution in [-0.4, -0.2) is 22.5 Å². The number of aryl methyl sites for hydroxylation is 1. The van der Waals surface area contributed by atoms with Gasteiger partial charge in [-0.25, -0.2) is 0 Å². The summed E-state index contributed by atoms with van der Waals surface area (Å²) in [6.45, 7) is 0. The minimum Gasteiger partial charge on any atom is -0.481 e. The molecule has 1 amide bonds. The normalized spacial score (nSPS) is 16.6. The molecular formula is C16H20ClNO3. The Morgan fingerprint density at radius 3 is 2.52 bits per heavy atom. The highest BCUT2D eigenvalue weighted by atomic mass is 35.5. The molecule has 0 spiro atoms. The van der Waals surface area contributed by atoms with Crippen molar-refractivity contribution < 1.29 is 14.7 Å². The summed E-state index contributed by atoms with van der Waals surface area (Å²) in [5, 5.41) is 12.6. The Hall–Kier alpha value is -1.55. The molecule has 1 fully saturated rings. The highest BCUT2D eigenvalue weighted by Crippen LogP contribution is 2.32. The fourth-order valence-corrected chi connectivity index (χ4v) is 3.23. The molecule has 0 heterocycles. The molecule has 5 heteroatoms. The van der Waals surface area contributed by atoms with E-state index in [-0.39, 0.29) is 12.3 Å². The molecule has 1 aliphatic carbocycles. The van der Waals surface area contributed by atoms with Crippen molar-refractivity contribution in [1.29, 1.82) is 0 Å². The van der Waals surface area contributed by atoms with E-state index in [2.05, 4.69) is 5.32 Å². The van der Waals surface area contributed by atoms with Gasteiger partial charge < -0.3 is 10.4 Å². The van der Waals surface area contributed by atoms with Crippen LogP contribution in [0.1, 0.15) is 44.1 Å². The lowest BCUT2D eigenvalue weighted by molar-refractivity contribution is -0.139. The number of hydrogen-bond acceptors (Lipinski definition) is 2. The Morgan fingerprint density at radius 1 is 1.24 bits per heavy atom. The van der Waals surface area contributed by atoms with E-state index in [0.717, 1.165) is 31.2 Å². The van der Waals surface area contributed by atoms with Crippen LogP contribution in [0, 0.1) is 0 Å². The van der Waals surface area contributed by atoms with E-state index in [1.165, 1.54) is 0 Å². The molecule has 0 aliphatic heterocycles. The third kappa shape index (κ3) is 4.46. The van der Waals surface area contributed by atoms with Crippen molar-refractivity contribution in [2.75, 3.05) is 0 Å². The molecule has 0 unspecified atom stereocenters. The van der Waals surface area contributed by atoms with Crippen LogP contribution in [0.4, 0.5) is 0 Å². The first-order chi connectivity index (χ1) is 10.0. The van der Waals surface area contributed by atoms with Gasteiger partial charge in [0.1, 0.15) is 0 Å². The number of halogens is 1. The molecule has 0 saturated heterocycles. The van der Waals surface area contributed by atoms with Crippen molar-refractivity contribution in [3.05, 3.63) is 34.9 Å². The second-order valence-electron chi connectivity index (χ2n) is 5.70. The van der Waals surface area contributed by atoms with Crippen molar-refractivity contribution in [3.63, 3.8) is 0 Å². The van der Waals surface area contributed by atoms with Gasteiger partial charge in [0.25, 0.3) is 0 Å². The van der Waals surface area contributed by atoms with E-state index in [1.807, 2.05) is 18.2 Å². The van der Waals surface area contributed by atoms with Crippen molar-refractivity contribution in [1.82, 2.24) is 5.32 Å². The van der Waals surface area contributed by atoms with Gasteiger partial charge in [-0.15, -0.1) is 0 Å². The van der Waals surface area contributed by atoms with Crippen LogP contribution in [-0.2, 0) is 16.0 Å². The fourth-order valence-electron chi connectivity index (χ4n) is 2.99. The van der Waals surface area contributed by atoms with Gasteiger partial charge in [0, 0.05) is 11.4 Å². The first kappa shape index (κ1) is 15.8. The number of carboxylic acids is 1. The van der Waals surface area contributed by atoms with Crippen molar-refractivity contribution in [2.45, 2.75) is 50.5 Å². The number of amides is 1. The Morgan fingerprint density at radius 2 is 1.90 bits per heavy atom. The first-order valence-corrected chi connectivity index (χ1v) is 7.65. The summed E-state index contributed by atoms with van der Waals surface area (Å²) in [7, 11) is 0. The van der Waals surface area contributed by atoms with Gasteiger partial charge in [0.05, 0.1) is 12.0 Å². The Labute approximate surface area is 129 Å². The number of hydrogen-bond donors (Lipinski definition) is 2. The smallest absolute Gasteiger partial charge is 0.305 e. The van der Waals surface area contributed by atoms with Crippen LogP contribution >= 0.6 is 11.6 Å². The zero-order chi connectivity index (χ0) is 15.3. The maximum atomic E-state index is 12.1. The monoisotopic (exact) mass is 309 g/mol. The van der Waals surface area contributed by atoms with E-state index in [4.69, 9.17) is 16.7 Å². The number of nitrogens with one attached hydrogen (secondary N) is 1. The molecule has 1 aromatic rings. The number of benzene rings is 1. The summed E-state index contributed by atoms with van der Waals surface area (Å²) in [4.78, 5) is 23.1. The lowest BCUT2D eigenvalue weighted by Crippen LogP contribution is -2.47. The average Bonchev–Trinajstić information content (AvgIpc) is 2.85. The molecule has 0 aromatic heterocycles. The largest absolute Gasteiger partial charge is 0.481 e. The summed E-state index contributed by atoms with van der Waals surface area (Å²) in [6.07, 6.45) is 4.33. The second-order valence-corrected chi connectivity index (χ2v) is 6.10. The SMILES string of the molecule is O=C(O)CC1(NC(=O)CCc2ccccc2Cl)CCCC1. The summed E-state index contributed by atoms with van der Waals surface area (Å²) < 4.78 is 0. The third-order valence-corrected chi connectivity index (χ3v) is 4.40. The number of carbonyl (C=O) groups excluding carboxylic acids is 1. The minimum absolute atomic E-state index is 0.00479. The molecule has 0 atom stereocenters.